The predicted octanol–water partition coefficient (Wildman–Crippen LogP) is 2.00. The minimum atomic E-state index is 0.247. The summed E-state index contributed by atoms with van der Waals surface area (Å²) in [6.45, 7) is 6.36. The van der Waals surface area contributed by atoms with Crippen LogP contribution in [0.25, 0.3) is 0 Å². The minimum Gasteiger partial charge on any atom is -0.492 e. The van der Waals surface area contributed by atoms with Crippen LogP contribution in [0.1, 0.15) is 12.5 Å². The average molecular weight is 223 g/mol. The summed E-state index contributed by atoms with van der Waals surface area (Å²) in [5.74, 6) is 0.907. The van der Waals surface area contributed by atoms with Gasteiger partial charge in [-0.1, -0.05) is 24.6 Å². The van der Waals surface area contributed by atoms with Crippen molar-refractivity contribution in [1.29, 1.82) is 0 Å². The van der Waals surface area contributed by atoms with Crippen molar-refractivity contribution in [1.82, 2.24) is 5.32 Å². The Morgan fingerprint density at radius 1 is 1.19 bits per heavy atom. The zero-order chi connectivity index (χ0) is 11.8. The zero-order valence-corrected chi connectivity index (χ0v) is 10.3. The van der Waals surface area contributed by atoms with Gasteiger partial charge in [-0.2, -0.15) is 0 Å². The Hall–Kier alpha value is -1.06. The standard InChI is InChI=1S/C13H21NO2/c1-4-14-12(9-15-3)10-16-13-7-5-11(2)6-8-13/h5-8,12,14H,4,9-10H2,1-3H3. The van der Waals surface area contributed by atoms with Gasteiger partial charge >= 0.3 is 0 Å². The van der Waals surface area contributed by atoms with Crippen LogP contribution in [0.5, 0.6) is 5.75 Å². The molecule has 1 aromatic carbocycles. The van der Waals surface area contributed by atoms with Gasteiger partial charge in [0.15, 0.2) is 0 Å². The summed E-state index contributed by atoms with van der Waals surface area (Å²) >= 11 is 0. The molecule has 1 rings (SSSR count). The van der Waals surface area contributed by atoms with E-state index in [2.05, 4.69) is 19.2 Å². The summed E-state index contributed by atoms with van der Waals surface area (Å²) in [4.78, 5) is 0. The summed E-state index contributed by atoms with van der Waals surface area (Å²) < 4.78 is 10.8. The summed E-state index contributed by atoms with van der Waals surface area (Å²) in [6, 6.07) is 8.33. The van der Waals surface area contributed by atoms with Crippen molar-refractivity contribution in [3.63, 3.8) is 0 Å². The first-order chi connectivity index (χ1) is 7.76. The second-order valence-electron chi connectivity index (χ2n) is 3.83. The van der Waals surface area contributed by atoms with Crippen LogP contribution < -0.4 is 10.1 Å². The highest BCUT2D eigenvalue weighted by Crippen LogP contribution is 2.11. The van der Waals surface area contributed by atoms with Gasteiger partial charge in [-0.15, -0.1) is 0 Å². The topological polar surface area (TPSA) is 30.5 Å². The average Bonchev–Trinajstić information content (AvgIpc) is 2.29. The fraction of sp³-hybridized carbons (Fsp3) is 0.538. The van der Waals surface area contributed by atoms with Gasteiger partial charge in [0.25, 0.3) is 0 Å². The molecule has 0 aromatic heterocycles. The van der Waals surface area contributed by atoms with E-state index in [4.69, 9.17) is 9.47 Å². The first kappa shape index (κ1) is 13.0. The molecule has 0 saturated heterocycles. The third kappa shape index (κ3) is 4.64. The lowest BCUT2D eigenvalue weighted by Crippen LogP contribution is -2.38. The fourth-order valence-corrected chi connectivity index (χ4v) is 1.49. The zero-order valence-electron chi connectivity index (χ0n) is 10.3. The van der Waals surface area contributed by atoms with Crippen molar-refractivity contribution < 1.29 is 9.47 Å². The van der Waals surface area contributed by atoms with Gasteiger partial charge in [0, 0.05) is 7.11 Å². The Kier molecular flexibility index (Phi) is 5.90. The van der Waals surface area contributed by atoms with E-state index in [-0.39, 0.29) is 6.04 Å². The summed E-state index contributed by atoms with van der Waals surface area (Å²) in [5.41, 5.74) is 1.24. The smallest absolute Gasteiger partial charge is 0.119 e. The molecule has 90 valence electrons. The molecule has 1 N–H and O–H groups in total. The van der Waals surface area contributed by atoms with Crippen molar-refractivity contribution in [3.05, 3.63) is 29.8 Å². The Morgan fingerprint density at radius 2 is 1.88 bits per heavy atom. The highest BCUT2D eigenvalue weighted by Gasteiger charge is 2.07. The molecule has 1 atom stereocenters. The largest absolute Gasteiger partial charge is 0.492 e. The van der Waals surface area contributed by atoms with E-state index in [1.807, 2.05) is 24.3 Å². The Bertz CT molecular complexity index is 278. The molecule has 3 heteroatoms. The monoisotopic (exact) mass is 223 g/mol. The third-order valence-electron chi connectivity index (χ3n) is 2.33. The molecule has 0 aliphatic rings. The minimum absolute atomic E-state index is 0.247. The molecule has 0 aliphatic carbocycles. The van der Waals surface area contributed by atoms with E-state index in [9.17, 15) is 0 Å². The fourth-order valence-electron chi connectivity index (χ4n) is 1.49. The maximum absolute atomic E-state index is 5.69. The second kappa shape index (κ2) is 7.25. The molecule has 3 nitrogen and oxygen atoms in total. The number of rotatable bonds is 7. The van der Waals surface area contributed by atoms with Gasteiger partial charge in [-0.05, 0) is 25.6 Å². The maximum atomic E-state index is 5.69. The van der Waals surface area contributed by atoms with Gasteiger partial charge in [0.1, 0.15) is 12.4 Å². The molecule has 0 aliphatic heterocycles. The van der Waals surface area contributed by atoms with Crippen LogP contribution in [0.3, 0.4) is 0 Å². The van der Waals surface area contributed by atoms with Gasteiger partial charge in [-0.25, -0.2) is 0 Å². The number of aryl methyl sites for hydroxylation is 1. The van der Waals surface area contributed by atoms with Crippen LogP contribution in [-0.4, -0.2) is 32.9 Å². The van der Waals surface area contributed by atoms with E-state index in [1.54, 1.807) is 7.11 Å². The highest BCUT2D eigenvalue weighted by atomic mass is 16.5. The lowest BCUT2D eigenvalue weighted by Gasteiger charge is -2.17. The van der Waals surface area contributed by atoms with Crippen molar-refractivity contribution in [2.45, 2.75) is 19.9 Å². The van der Waals surface area contributed by atoms with Crippen LogP contribution in [0.15, 0.2) is 24.3 Å². The molecular formula is C13H21NO2. The van der Waals surface area contributed by atoms with Crippen LogP contribution >= 0.6 is 0 Å². The molecule has 1 aromatic rings. The summed E-state index contributed by atoms with van der Waals surface area (Å²) in [5, 5.41) is 3.32. The molecule has 0 radical (unpaired) electrons. The molecule has 0 bridgehead atoms. The highest BCUT2D eigenvalue weighted by molar-refractivity contribution is 5.26. The van der Waals surface area contributed by atoms with Crippen molar-refractivity contribution >= 4 is 0 Å². The van der Waals surface area contributed by atoms with E-state index < -0.39 is 0 Å². The number of likely N-dealkylation sites (N-methyl/N-ethyl adjacent to an activating group) is 1. The van der Waals surface area contributed by atoms with E-state index >= 15 is 0 Å². The predicted molar refractivity (Wildman–Crippen MR) is 66.0 cm³/mol. The quantitative estimate of drug-likeness (QED) is 0.767. The number of methoxy groups -OCH3 is 1. The number of nitrogens with one attached hydrogen (secondary N) is 1. The number of ether oxygens (including phenoxy) is 2. The Morgan fingerprint density at radius 3 is 2.44 bits per heavy atom. The molecule has 0 heterocycles. The van der Waals surface area contributed by atoms with E-state index in [1.165, 1.54) is 5.56 Å². The molecule has 0 amide bonds. The summed E-state index contributed by atoms with van der Waals surface area (Å²) in [6.07, 6.45) is 0. The molecule has 0 saturated carbocycles. The van der Waals surface area contributed by atoms with Crippen LogP contribution in [0.2, 0.25) is 0 Å². The number of hydrogen-bond donors (Lipinski definition) is 1. The molecule has 0 spiro atoms. The van der Waals surface area contributed by atoms with Crippen LogP contribution in [0.4, 0.5) is 0 Å². The van der Waals surface area contributed by atoms with Gasteiger partial charge < -0.3 is 14.8 Å². The normalized spacial score (nSPS) is 12.4. The maximum Gasteiger partial charge on any atom is 0.119 e. The van der Waals surface area contributed by atoms with Gasteiger partial charge in [-0.3, -0.25) is 0 Å². The van der Waals surface area contributed by atoms with Gasteiger partial charge in [0.2, 0.25) is 0 Å². The first-order valence-corrected chi connectivity index (χ1v) is 5.68. The number of benzene rings is 1. The van der Waals surface area contributed by atoms with Gasteiger partial charge in [0.05, 0.1) is 12.6 Å². The molecule has 0 fully saturated rings. The second-order valence-corrected chi connectivity index (χ2v) is 3.83. The Labute approximate surface area is 97.8 Å². The number of hydrogen-bond acceptors (Lipinski definition) is 3. The van der Waals surface area contributed by atoms with Crippen molar-refractivity contribution in [2.75, 3.05) is 26.9 Å². The van der Waals surface area contributed by atoms with Crippen LogP contribution in [-0.2, 0) is 4.74 Å². The van der Waals surface area contributed by atoms with Crippen molar-refractivity contribution in [3.8, 4) is 5.75 Å². The van der Waals surface area contributed by atoms with Crippen LogP contribution in [0, 0.1) is 6.92 Å². The third-order valence-corrected chi connectivity index (χ3v) is 2.33. The summed E-state index contributed by atoms with van der Waals surface area (Å²) in [7, 11) is 1.70. The first-order valence-electron chi connectivity index (χ1n) is 5.68. The Balaban J connectivity index is 2.38. The van der Waals surface area contributed by atoms with E-state index in [0.717, 1.165) is 12.3 Å². The lowest BCUT2D eigenvalue weighted by molar-refractivity contribution is 0.137. The van der Waals surface area contributed by atoms with Crippen molar-refractivity contribution in [2.24, 2.45) is 0 Å². The molecular weight excluding hydrogens is 202 g/mol. The molecule has 16 heavy (non-hydrogen) atoms. The SMILES string of the molecule is CCNC(COC)COc1ccc(C)cc1. The van der Waals surface area contributed by atoms with E-state index in [0.29, 0.717) is 13.2 Å². The molecule has 1 unspecified atom stereocenters. The lowest BCUT2D eigenvalue weighted by atomic mass is 10.2.